The number of rotatable bonds is 6. The second-order valence-corrected chi connectivity index (χ2v) is 6.17. The van der Waals surface area contributed by atoms with Crippen LogP contribution in [0.15, 0.2) is 18.2 Å². The lowest BCUT2D eigenvalue weighted by Crippen LogP contribution is -2.60. The van der Waals surface area contributed by atoms with E-state index in [2.05, 4.69) is 5.32 Å². The minimum absolute atomic E-state index is 0.0740. The fourth-order valence-electron chi connectivity index (χ4n) is 3.21. The predicted octanol–water partition coefficient (Wildman–Crippen LogP) is 3.57. The molecule has 1 heterocycles. The average Bonchev–Trinajstić information content (AvgIpc) is 2.56. The number of likely N-dealkylation sites (tertiary alicyclic amines) is 1. The summed E-state index contributed by atoms with van der Waals surface area (Å²) in [7, 11) is 1.67. The maximum absolute atomic E-state index is 14.7. The maximum Gasteiger partial charge on any atom is 0.263 e. The Bertz CT molecular complexity index is 602. The number of halogens is 4. The van der Waals surface area contributed by atoms with Crippen molar-refractivity contribution in [3.8, 4) is 6.07 Å². The molecule has 2 unspecified atom stereocenters. The number of nitrogens with zero attached hydrogens (tertiary/aromatic N) is 2. The van der Waals surface area contributed by atoms with E-state index >= 15 is 0 Å². The van der Waals surface area contributed by atoms with Crippen molar-refractivity contribution in [1.29, 1.82) is 5.26 Å². The fourth-order valence-corrected chi connectivity index (χ4v) is 3.21. The SMILES string of the molecule is CNC1(CCC#N)CCN(Cc2cc(C(F)F)ccc2F)CC1F. The van der Waals surface area contributed by atoms with Crippen molar-refractivity contribution in [3.63, 3.8) is 0 Å². The molecule has 0 spiro atoms. The molecule has 1 fully saturated rings. The third-order valence-electron chi connectivity index (χ3n) is 4.79. The molecular weight excluding hydrogens is 322 g/mol. The minimum Gasteiger partial charge on any atom is -0.312 e. The molecule has 1 aromatic carbocycles. The molecule has 0 radical (unpaired) electrons. The molecule has 7 heteroatoms. The molecule has 2 atom stereocenters. The molecule has 0 bridgehead atoms. The molecule has 0 amide bonds. The van der Waals surface area contributed by atoms with Gasteiger partial charge in [-0.15, -0.1) is 0 Å². The van der Waals surface area contributed by atoms with Crippen molar-refractivity contribution in [2.24, 2.45) is 0 Å². The van der Waals surface area contributed by atoms with Crippen molar-refractivity contribution < 1.29 is 17.6 Å². The molecule has 132 valence electrons. The summed E-state index contributed by atoms with van der Waals surface area (Å²) in [5.41, 5.74) is -0.844. The van der Waals surface area contributed by atoms with Gasteiger partial charge in [-0.25, -0.2) is 17.6 Å². The number of hydrogen-bond donors (Lipinski definition) is 1. The highest BCUT2D eigenvalue weighted by Crippen LogP contribution is 2.31. The van der Waals surface area contributed by atoms with Gasteiger partial charge in [0.05, 0.1) is 11.6 Å². The van der Waals surface area contributed by atoms with E-state index in [9.17, 15) is 17.6 Å². The highest BCUT2D eigenvalue weighted by molar-refractivity contribution is 5.26. The quantitative estimate of drug-likeness (QED) is 0.803. The van der Waals surface area contributed by atoms with Gasteiger partial charge in [-0.05, 0) is 32.0 Å². The standard InChI is InChI=1S/C17H21F4N3/c1-23-17(5-2-7-22)6-8-24(11-15(17)19)10-13-9-12(16(20)21)3-4-14(13)18/h3-4,9,15-16,23H,2,5-6,8,10-11H2,1H3. The number of alkyl halides is 3. The van der Waals surface area contributed by atoms with E-state index in [4.69, 9.17) is 5.26 Å². The van der Waals surface area contributed by atoms with Crippen LogP contribution in [-0.4, -0.2) is 36.7 Å². The maximum atomic E-state index is 14.7. The highest BCUT2D eigenvalue weighted by Gasteiger charge is 2.42. The molecule has 2 rings (SSSR count). The van der Waals surface area contributed by atoms with Crippen LogP contribution in [0.3, 0.4) is 0 Å². The number of piperidine rings is 1. The summed E-state index contributed by atoms with van der Waals surface area (Å²) >= 11 is 0. The average molecular weight is 343 g/mol. The lowest BCUT2D eigenvalue weighted by Gasteiger charge is -2.44. The van der Waals surface area contributed by atoms with Gasteiger partial charge < -0.3 is 5.32 Å². The zero-order valence-corrected chi connectivity index (χ0v) is 13.5. The second-order valence-electron chi connectivity index (χ2n) is 6.17. The Morgan fingerprint density at radius 2 is 2.21 bits per heavy atom. The monoisotopic (exact) mass is 343 g/mol. The molecule has 0 saturated carbocycles. The molecule has 0 aliphatic carbocycles. The van der Waals surface area contributed by atoms with E-state index in [-0.39, 0.29) is 30.6 Å². The van der Waals surface area contributed by atoms with E-state index in [0.717, 1.165) is 18.2 Å². The molecular formula is C17H21F4N3. The third kappa shape index (κ3) is 4.05. The van der Waals surface area contributed by atoms with Crippen molar-refractivity contribution in [2.45, 2.75) is 43.9 Å². The molecule has 1 aliphatic heterocycles. The first-order valence-electron chi connectivity index (χ1n) is 7.90. The van der Waals surface area contributed by atoms with Gasteiger partial charge in [-0.2, -0.15) is 5.26 Å². The Balaban J connectivity index is 2.07. The van der Waals surface area contributed by atoms with Gasteiger partial charge in [0.2, 0.25) is 0 Å². The summed E-state index contributed by atoms with van der Waals surface area (Å²) in [5.74, 6) is -0.565. The summed E-state index contributed by atoms with van der Waals surface area (Å²) < 4.78 is 54.0. The van der Waals surface area contributed by atoms with Crippen LogP contribution in [0.1, 0.15) is 36.8 Å². The summed E-state index contributed by atoms with van der Waals surface area (Å²) in [6, 6.07) is 5.26. The predicted molar refractivity (Wildman–Crippen MR) is 82.8 cm³/mol. The molecule has 24 heavy (non-hydrogen) atoms. The lowest BCUT2D eigenvalue weighted by molar-refractivity contribution is 0.0358. The molecule has 1 aromatic rings. The zero-order valence-electron chi connectivity index (χ0n) is 13.5. The van der Waals surface area contributed by atoms with Crippen LogP contribution in [0.25, 0.3) is 0 Å². The van der Waals surface area contributed by atoms with Crippen LogP contribution in [0.5, 0.6) is 0 Å². The lowest BCUT2D eigenvalue weighted by atomic mass is 9.82. The van der Waals surface area contributed by atoms with Gasteiger partial charge in [0.15, 0.2) is 0 Å². The highest BCUT2D eigenvalue weighted by atomic mass is 19.3. The topological polar surface area (TPSA) is 39.1 Å². The van der Waals surface area contributed by atoms with Gasteiger partial charge in [-0.1, -0.05) is 6.07 Å². The molecule has 1 saturated heterocycles. The first kappa shape index (κ1) is 18.7. The third-order valence-corrected chi connectivity index (χ3v) is 4.79. The second kappa shape index (κ2) is 7.95. The largest absolute Gasteiger partial charge is 0.312 e. The van der Waals surface area contributed by atoms with Crippen molar-refractivity contribution in [3.05, 3.63) is 35.1 Å². The Labute approximate surface area is 139 Å². The molecule has 3 nitrogen and oxygen atoms in total. The minimum atomic E-state index is -2.66. The van der Waals surface area contributed by atoms with Crippen molar-refractivity contribution in [2.75, 3.05) is 20.1 Å². The number of hydrogen-bond acceptors (Lipinski definition) is 3. The van der Waals surface area contributed by atoms with Crippen LogP contribution < -0.4 is 5.32 Å². The Morgan fingerprint density at radius 3 is 2.79 bits per heavy atom. The van der Waals surface area contributed by atoms with E-state index in [1.165, 1.54) is 0 Å². The Morgan fingerprint density at radius 1 is 1.46 bits per heavy atom. The van der Waals surface area contributed by atoms with Gasteiger partial charge in [-0.3, -0.25) is 4.90 Å². The van der Waals surface area contributed by atoms with Crippen LogP contribution >= 0.6 is 0 Å². The summed E-state index contributed by atoms with van der Waals surface area (Å²) in [6.07, 6.45) is -2.74. The van der Waals surface area contributed by atoms with Gasteiger partial charge in [0, 0.05) is 37.2 Å². The summed E-state index contributed by atoms with van der Waals surface area (Å²) in [6.45, 7) is 0.667. The van der Waals surface area contributed by atoms with Crippen LogP contribution in [0.4, 0.5) is 17.6 Å². The normalized spacial score (nSPS) is 25.0. The van der Waals surface area contributed by atoms with E-state index < -0.39 is 24.0 Å². The van der Waals surface area contributed by atoms with Crippen LogP contribution in [-0.2, 0) is 6.54 Å². The van der Waals surface area contributed by atoms with Gasteiger partial charge >= 0.3 is 0 Å². The summed E-state index contributed by atoms with van der Waals surface area (Å²) in [4.78, 5) is 1.72. The fraction of sp³-hybridized carbons (Fsp3) is 0.588. The molecule has 0 aromatic heterocycles. The number of nitriles is 1. The van der Waals surface area contributed by atoms with E-state index in [0.29, 0.717) is 19.4 Å². The van der Waals surface area contributed by atoms with Gasteiger partial charge in [0.1, 0.15) is 12.0 Å². The first-order chi connectivity index (χ1) is 11.4. The van der Waals surface area contributed by atoms with Gasteiger partial charge in [0.25, 0.3) is 6.43 Å². The zero-order chi connectivity index (χ0) is 17.7. The smallest absolute Gasteiger partial charge is 0.263 e. The van der Waals surface area contributed by atoms with Crippen LogP contribution in [0, 0.1) is 17.1 Å². The first-order valence-corrected chi connectivity index (χ1v) is 7.90. The van der Waals surface area contributed by atoms with E-state index in [1.54, 1.807) is 11.9 Å². The van der Waals surface area contributed by atoms with Crippen LogP contribution in [0.2, 0.25) is 0 Å². The van der Waals surface area contributed by atoms with Crippen molar-refractivity contribution >= 4 is 0 Å². The number of benzene rings is 1. The molecule has 1 aliphatic rings. The summed E-state index contributed by atoms with van der Waals surface area (Å²) in [5, 5.41) is 11.7. The Kier molecular flexibility index (Phi) is 6.19. The Hall–Kier alpha value is -1.65. The molecule has 1 N–H and O–H groups in total. The van der Waals surface area contributed by atoms with E-state index in [1.807, 2.05) is 6.07 Å². The van der Waals surface area contributed by atoms with Crippen molar-refractivity contribution in [1.82, 2.24) is 10.2 Å². The number of nitrogens with one attached hydrogen (secondary N) is 1.